The van der Waals surface area contributed by atoms with Gasteiger partial charge in [-0.2, -0.15) is 5.10 Å². The molecule has 4 rings (SSSR count). The van der Waals surface area contributed by atoms with Crippen LogP contribution in [-0.2, 0) is 4.79 Å². The van der Waals surface area contributed by atoms with Gasteiger partial charge in [-0.3, -0.25) is 9.59 Å². The van der Waals surface area contributed by atoms with E-state index in [1.807, 2.05) is 0 Å². The van der Waals surface area contributed by atoms with Crippen molar-refractivity contribution < 1.29 is 19.4 Å². The smallest absolute Gasteiger partial charge is 0.253 e. The minimum atomic E-state index is -0.928. The van der Waals surface area contributed by atoms with E-state index >= 15 is 0 Å². The number of nitrogens with one attached hydrogen (secondary N) is 2. The number of nitrogen functional groups attached to an aromatic ring is 1. The highest BCUT2D eigenvalue weighted by Crippen LogP contribution is 2.29. The Morgan fingerprint density at radius 2 is 1.91 bits per heavy atom. The van der Waals surface area contributed by atoms with E-state index in [4.69, 9.17) is 21.3 Å². The molecule has 0 spiro atoms. The molecule has 1 aliphatic rings. The summed E-state index contributed by atoms with van der Waals surface area (Å²) in [7, 11) is 1.53. The Balaban J connectivity index is 1.51. The van der Waals surface area contributed by atoms with Gasteiger partial charge in [0.25, 0.3) is 5.91 Å². The summed E-state index contributed by atoms with van der Waals surface area (Å²) in [5.74, 6) is -0.0181. The number of aliphatic hydroxyl groups excluding tert-OH is 1. The van der Waals surface area contributed by atoms with E-state index in [-0.39, 0.29) is 29.7 Å². The van der Waals surface area contributed by atoms with Crippen molar-refractivity contribution in [2.75, 3.05) is 19.5 Å². The molecule has 180 valence electrons. The van der Waals surface area contributed by atoms with E-state index in [2.05, 4.69) is 25.7 Å². The van der Waals surface area contributed by atoms with Crippen molar-refractivity contribution in [3.05, 3.63) is 36.3 Å². The first-order chi connectivity index (χ1) is 16.4. The number of methoxy groups -OCH3 is 1. The van der Waals surface area contributed by atoms with E-state index < -0.39 is 12.6 Å². The first-order valence-corrected chi connectivity index (χ1v) is 11.0. The molecule has 0 aliphatic heterocycles. The van der Waals surface area contributed by atoms with E-state index in [9.17, 15) is 9.59 Å². The number of rotatable bonds is 7. The Hall–Kier alpha value is -3.77. The number of hydrogen-bond donors (Lipinski definition) is 5. The lowest BCUT2D eigenvalue weighted by Gasteiger charge is -2.30. The van der Waals surface area contributed by atoms with Crippen LogP contribution in [0.1, 0.15) is 36.0 Å². The second-order valence-electron chi connectivity index (χ2n) is 8.26. The number of nitrogens with zero attached hydrogens (tertiary/aromatic N) is 4. The van der Waals surface area contributed by atoms with Crippen LogP contribution in [0.25, 0.3) is 16.8 Å². The molecule has 3 aromatic rings. The van der Waals surface area contributed by atoms with Crippen molar-refractivity contribution in [1.29, 1.82) is 0 Å². The van der Waals surface area contributed by atoms with Gasteiger partial charge in [0.1, 0.15) is 17.9 Å². The SMILES string of the molecule is COc1cc(-c2cc(C(=O)N[C@H]3CC[C@H](NC(=O)[C@H](N)CO)CC3)c3c(N)ncnn23)ccn1. The molecule has 1 fully saturated rings. The Labute approximate surface area is 195 Å². The highest BCUT2D eigenvalue weighted by atomic mass is 16.5. The van der Waals surface area contributed by atoms with Gasteiger partial charge in [0.15, 0.2) is 5.82 Å². The number of aromatic nitrogens is 4. The molecule has 7 N–H and O–H groups in total. The van der Waals surface area contributed by atoms with Gasteiger partial charge < -0.3 is 31.9 Å². The average molecular weight is 469 g/mol. The minimum absolute atomic E-state index is 0.0362. The van der Waals surface area contributed by atoms with Crippen molar-refractivity contribution in [1.82, 2.24) is 30.2 Å². The first-order valence-electron chi connectivity index (χ1n) is 11.0. The van der Waals surface area contributed by atoms with Crippen LogP contribution in [0.4, 0.5) is 5.82 Å². The van der Waals surface area contributed by atoms with Crippen LogP contribution in [0, 0.1) is 0 Å². The van der Waals surface area contributed by atoms with Crippen LogP contribution in [-0.4, -0.2) is 68.3 Å². The quantitative estimate of drug-likeness (QED) is 0.315. The molecule has 1 atom stereocenters. The number of anilines is 1. The monoisotopic (exact) mass is 468 g/mol. The number of amides is 2. The molecular weight excluding hydrogens is 440 g/mol. The van der Waals surface area contributed by atoms with Gasteiger partial charge in [-0.25, -0.2) is 14.5 Å². The zero-order chi connectivity index (χ0) is 24.2. The molecule has 12 nitrogen and oxygen atoms in total. The minimum Gasteiger partial charge on any atom is -0.481 e. The predicted molar refractivity (Wildman–Crippen MR) is 124 cm³/mol. The molecular formula is C22H28N8O4. The summed E-state index contributed by atoms with van der Waals surface area (Å²) in [5, 5.41) is 19.2. The van der Waals surface area contributed by atoms with Gasteiger partial charge in [-0.15, -0.1) is 0 Å². The summed E-state index contributed by atoms with van der Waals surface area (Å²) in [5.41, 5.74) is 13.9. The molecule has 1 aliphatic carbocycles. The third kappa shape index (κ3) is 4.77. The fourth-order valence-electron chi connectivity index (χ4n) is 4.16. The molecule has 34 heavy (non-hydrogen) atoms. The molecule has 0 unspecified atom stereocenters. The topological polar surface area (TPSA) is 183 Å². The summed E-state index contributed by atoms with van der Waals surface area (Å²) >= 11 is 0. The largest absolute Gasteiger partial charge is 0.481 e. The van der Waals surface area contributed by atoms with Crippen molar-refractivity contribution >= 4 is 23.1 Å². The summed E-state index contributed by atoms with van der Waals surface area (Å²) in [6, 6.07) is 4.25. The molecule has 0 radical (unpaired) electrons. The van der Waals surface area contributed by atoms with Crippen molar-refractivity contribution in [3.63, 3.8) is 0 Å². The van der Waals surface area contributed by atoms with E-state index in [1.54, 1.807) is 28.9 Å². The lowest BCUT2D eigenvalue weighted by molar-refractivity contribution is -0.124. The van der Waals surface area contributed by atoms with Gasteiger partial charge >= 0.3 is 0 Å². The normalized spacial score (nSPS) is 18.9. The van der Waals surface area contributed by atoms with Gasteiger partial charge in [-0.05, 0) is 37.8 Å². The maximum absolute atomic E-state index is 13.2. The molecule has 3 heterocycles. The van der Waals surface area contributed by atoms with E-state index in [0.717, 1.165) is 5.56 Å². The number of ether oxygens (including phenoxy) is 1. The predicted octanol–water partition coefficient (Wildman–Crippen LogP) is -0.141. The number of pyridine rings is 1. The summed E-state index contributed by atoms with van der Waals surface area (Å²) in [6.45, 7) is -0.399. The zero-order valence-corrected chi connectivity index (χ0v) is 18.8. The highest BCUT2D eigenvalue weighted by molar-refractivity contribution is 6.05. The summed E-state index contributed by atoms with van der Waals surface area (Å²) in [6.07, 6.45) is 5.72. The summed E-state index contributed by atoms with van der Waals surface area (Å²) in [4.78, 5) is 33.3. The number of nitrogens with two attached hydrogens (primary N) is 2. The third-order valence-electron chi connectivity index (χ3n) is 6.01. The Bertz CT molecular complexity index is 1190. The number of carbonyl (C=O) groups is 2. The standard InChI is InChI=1S/C22H28N8O4/c1-34-18-8-12(6-7-25-18)17-9-15(19-20(24)26-11-27-30(17)19)21(32)28-13-2-4-14(5-3-13)29-22(33)16(23)10-31/h6-9,11,13-14,16,31H,2-5,10,23H2,1H3,(H,28,32)(H,29,33)(H2,24,26,27)/t13-,14-,16-/m1/s1. The van der Waals surface area contributed by atoms with E-state index in [0.29, 0.717) is 48.3 Å². The second-order valence-corrected chi connectivity index (χ2v) is 8.26. The fraction of sp³-hybridized carbons (Fsp3) is 0.409. The lowest BCUT2D eigenvalue weighted by atomic mass is 9.90. The average Bonchev–Trinajstić information content (AvgIpc) is 3.26. The number of fused-ring (bicyclic) bond motifs is 1. The maximum atomic E-state index is 13.2. The van der Waals surface area contributed by atoms with Gasteiger partial charge in [0.2, 0.25) is 11.8 Å². The van der Waals surface area contributed by atoms with Gasteiger partial charge in [0.05, 0.1) is 25.0 Å². The van der Waals surface area contributed by atoms with Crippen molar-refractivity contribution in [2.45, 2.75) is 43.8 Å². The fourth-order valence-corrected chi connectivity index (χ4v) is 4.16. The van der Waals surface area contributed by atoms with Gasteiger partial charge in [0, 0.05) is 29.9 Å². The van der Waals surface area contributed by atoms with Crippen LogP contribution in [0.3, 0.4) is 0 Å². The molecule has 0 bridgehead atoms. The number of aliphatic hydroxyl groups is 1. The van der Waals surface area contributed by atoms with Crippen molar-refractivity contribution in [3.8, 4) is 17.1 Å². The van der Waals surface area contributed by atoms with Crippen LogP contribution in [0.2, 0.25) is 0 Å². The Morgan fingerprint density at radius 1 is 1.21 bits per heavy atom. The number of carbonyl (C=O) groups excluding carboxylic acids is 2. The second kappa shape index (κ2) is 10.0. The highest BCUT2D eigenvalue weighted by Gasteiger charge is 2.27. The molecule has 3 aromatic heterocycles. The molecule has 0 aromatic carbocycles. The third-order valence-corrected chi connectivity index (χ3v) is 6.01. The maximum Gasteiger partial charge on any atom is 0.253 e. The van der Waals surface area contributed by atoms with E-state index in [1.165, 1.54) is 13.4 Å². The number of hydrogen-bond acceptors (Lipinski definition) is 9. The van der Waals surface area contributed by atoms with Crippen molar-refractivity contribution in [2.24, 2.45) is 5.73 Å². The van der Waals surface area contributed by atoms with Crippen LogP contribution in [0.5, 0.6) is 5.88 Å². The molecule has 1 saturated carbocycles. The van der Waals surface area contributed by atoms with Crippen LogP contribution in [0.15, 0.2) is 30.7 Å². The summed E-state index contributed by atoms with van der Waals surface area (Å²) < 4.78 is 6.80. The first kappa shape index (κ1) is 23.4. The zero-order valence-electron chi connectivity index (χ0n) is 18.8. The molecule has 12 heteroatoms. The van der Waals surface area contributed by atoms with Crippen LogP contribution >= 0.6 is 0 Å². The van der Waals surface area contributed by atoms with Gasteiger partial charge in [-0.1, -0.05) is 0 Å². The molecule has 0 saturated heterocycles. The Morgan fingerprint density at radius 3 is 2.59 bits per heavy atom. The van der Waals surface area contributed by atoms with Crippen LogP contribution < -0.4 is 26.8 Å². The Kier molecular flexibility index (Phi) is 6.89. The lowest BCUT2D eigenvalue weighted by Crippen LogP contribution is -2.49. The molecule has 2 amide bonds.